The monoisotopic (exact) mass is 452 g/mol. The van der Waals surface area contributed by atoms with Crippen LogP contribution in [0.25, 0.3) is 11.1 Å². The molecule has 0 atom stereocenters. The summed E-state index contributed by atoms with van der Waals surface area (Å²) in [5.74, 6) is -0.0327. The largest absolute Gasteiger partial charge is 0.506 e. The Kier molecular flexibility index (Phi) is 6.22. The Balaban J connectivity index is 1.54. The summed E-state index contributed by atoms with van der Waals surface area (Å²) in [6, 6.07) is 21.2. The molecular weight excluding hydrogens is 428 g/mol. The summed E-state index contributed by atoms with van der Waals surface area (Å²) in [5.41, 5.74) is 18.2. The van der Waals surface area contributed by atoms with E-state index < -0.39 is 0 Å². The molecule has 0 bridgehead atoms. The van der Waals surface area contributed by atoms with E-state index in [1.165, 1.54) is 12.1 Å². The molecule has 0 amide bonds. The standard InChI is InChI=1S/C26H24N6O2/c1-15-11-17(3-7-21(15)29-31-23-9-5-19(27)13-25(23)33)18-4-8-22(16(2)12-18)30-32-24-10-6-20(28)14-26(24)34/h3-14,33-34H,27-28H2,1-2H3. The average molecular weight is 453 g/mol. The fraction of sp³-hybridized carbons (Fsp3) is 0.0769. The van der Waals surface area contributed by atoms with Gasteiger partial charge in [-0.05, 0) is 84.6 Å². The van der Waals surface area contributed by atoms with Gasteiger partial charge in [-0.25, -0.2) is 0 Å². The molecular formula is C26H24N6O2. The van der Waals surface area contributed by atoms with Crippen LogP contribution in [0.1, 0.15) is 11.1 Å². The molecule has 8 nitrogen and oxygen atoms in total. The SMILES string of the molecule is Cc1cc(-c2ccc(N=Nc3ccc(N)cc3O)c(C)c2)ccc1N=Nc1ccc(N)cc1O. The van der Waals surface area contributed by atoms with Gasteiger partial charge in [0, 0.05) is 23.5 Å². The molecule has 0 unspecified atom stereocenters. The van der Waals surface area contributed by atoms with E-state index >= 15 is 0 Å². The fourth-order valence-corrected chi connectivity index (χ4v) is 3.36. The van der Waals surface area contributed by atoms with Crippen molar-refractivity contribution in [3.8, 4) is 22.6 Å². The van der Waals surface area contributed by atoms with Crippen LogP contribution in [0.3, 0.4) is 0 Å². The first-order valence-corrected chi connectivity index (χ1v) is 10.5. The van der Waals surface area contributed by atoms with Crippen molar-refractivity contribution in [1.82, 2.24) is 0 Å². The maximum atomic E-state index is 9.94. The van der Waals surface area contributed by atoms with Crippen molar-refractivity contribution in [2.24, 2.45) is 20.5 Å². The minimum atomic E-state index is -0.0163. The lowest BCUT2D eigenvalue weighted by Crippen LogP contribution is -1.83. The number of aryl methyl sites for hydroxylation is 2. The quantitative estimate of drug-likeness (QED) is 0.185. The van der Waals surface area contributed by atoms with Crippen molar-refractivity contribution in [3.63, 3.8) is 0 Å². The molecule has 0 fully saturated rings. The van der Waals surface area contributed by atoms with E-state index in [1.807, 2.05) is 50.2 Å². The third-order valence-corrected chi connectivity index (χ3v) is 5.26. The highest BCUT2D eigenvalue weighted by molar-refractivity contribution is 5.70. The first-order chi connectivity index (χ1) is 16.3. The maximum Gasteiger partial charge on any atom is 0.145 e. The van der Waals surface area contributed by atoms with Gasteiger partial charge in [0.15, 0.2) is 0 Å². The summed E-state index contributed by atoms with van der Waals surface area (Å²) in [7, 11) is 0. The zero-order valence-electron chi connectivity index (χ0n) is 18.8. The first kappa shape index (κ1) is 22.5. The summed E-state index contributed by atoms with van der Waals surface area (Å²) < 4.78 is 0. The predicted octanol–water partition coefficient (Wildman–Crippen LogP) is 7.38. The zero-order valence-corrected chi connectivity index (χ0v) is 18.8. The van der Waals surface area contributed by atoms with Gasteiger partial charge in [0.05, 0.1) is 11.4 Å². The van der Waals surface area contributed by atoms with Crippen molar-refractivity contribution < 1.29 is 10.2 Å². The number of nitrogens with two attached hydrogens (primary N) is 2. The van der Waals surface area contributed by atoms with Crippen LogP contribution in [0.4, 0.5) is 34.1 Å². The van der Waals surface area contributed by atoms with Crippen LogP contribution in [-0.4, -0.2) is 10.2 Å². The summed E-state index contributed by atoms with van der Waals surface area (Å²) in [5, 5.41) is 36.7. The van der Waals surface area contributed by atoms with Crippen LogP contribution in [0.2, 0.25) is 0 Å². The highest BCUT2D eigenvalue weighted by Gasteiger charge is 2.07. The van der Waals surface area contributed by atoms with Gasteiger partial charge in [0.25, 0.3) is 0 Å². The number of azo groups is 2. The van der Waals surface area contributed by atoms with Gasteiger partial charge in [-0.1, -0.05) is 12.1 Å². The zero-order chi connectivity index (χ0) is 24.2. The summed E-state index contributed by atoms with van der Waals surface area (Å²) in [4.78, 5) is 0. The highest BCUT2D eigenvalue weighted by Crippen LogP contribution is 2.34. The summed E-state index contributed by atoms with van der Waals surface area (Å²) >= 11 is 0. The number of phenolic OH excluding ortho intramolecular Hbond substituents is 2. The van der Waals surface area contributed by atoms with Crippen molar-refractivity contribution in [2.45, 2.75) is 13.8 Å². The number of phenols is 2. The van der Waals surface area contributed by atoms with Gasteiger partial charge in [-0.3, -0.25) is 0 Å². The Hall–Kier alpha value is -4.72. The molecule has 34 heavy (non-hydrogen) atoms. The predicted molar refractivity (Wildman–Crippen MR) is 135 cm³/mol. The smallest absolute Gasteiger partial charge is 0.145 e. The lowest BCUT2D eigenvalue weighted by molar-refractivity contribution is 0.476. The molecule has 0 spiro atoms. The van der Waals surface area contributed by atoms with Crippen LogP contribution >= 0.6 is 0 Å². The number of benzene rings is 4. The van der Waals surface area contributed by atoms with Crippen LogP contribution < -0.4 is 11.5 Å². The minimum Gasteiger partial charge on any atom is -0.506 e. The Morgan fingerprint density at radius 3 is 1.21 bits per heavy atom. The Morgan fingerprint density at radius 1 is 0.500 bits per heavy atom. The van der Waals surface area contributed by atoms with Gasteiger partial charge in [-0.15, -0.1) is 10.2 Å². The molecule has 6 N–H and O–H groups in total. The van der Waals surface area contributed by atoms with Gasteiger partial charge < -0.3 is 21.7 Å². The lowest BCUT2D eigenvalue weighted by atomic mass is 10.0. The normalized spacial score (nSPS) is 11.5. The maximum absolute atomic E-state index is 9.94. The summed E-state index contributed by atoms with van der Waals surface area (Å²) in [6.45, 7) is 3.91. The number of nitrogens with zero attached hydrogens (tertiary/aromatic N) is 4. The van der Waals surface area contributed by atoms with Crippen LogP contribution in [0, 0.1) is 13.8 Å². The topological polar surface area (TPSA) is 142 Å². The highest BCUT2D eigenvalue weighted by atomic mass is 16.3. The second kappa shape index (κ2) is 9.41. The van der Waals surface area contributed by atoms with Gasteiger partial charge >= 0.3 is 0 Å². The second-order valence-corrected chi connectivity index (χ2v) is 7.90. The number of rotatable bonds is 5. The number of hydrogen-bond donors (Lipinski definition) is 4. The third kappa shape index (κ3) is 5.02. The van der Waals surface area contributed by atoms with Crippen LogP contribution in [-0.2, 0) is 0 Å². The van der Waals surface area contributed by atoms with Crippen LogP contribution in [0.5, 0.6) is 11.5 Å². The Labute approximate surface area is 196 Å². The Bertz CT molecular complexity index is 1320. The molecule has 0 aromatic heterocycles. The number of nitrogen functional groups attached to an aromatic ring is 2. The second-order valence-electron chi connectivity index (χ2n) is 7.90. The van der Waals surface area contributed by atoms with E-state index in [1.54, 1.807) is 24.3 Å². The first-order valence-electron chi connectivity index (χ1n) is 10.5. The van der Waals surface area contributed by atoms with E-state index in [-0.39, 0.29) is 11.5 Å². The van der Waals surface area contributed by atoms with Gasteiger partial charge in [0.2, 0.25) is 0 Å². The number of hydrogen-bond acceptors (Lipinski definition) is 8. The van der Waals surface area contributed by atoms with E-state index in [9.17, 15) is 10.2 Å². The molecule has 0 aliphatic carbocycles. The van der Waals surface area contributed by atoms with Crippen molar-refractivity contribution in [3.05, 3.63) is 83.9 Å². The number of aromatic hydroxyl groups is 2. The number of anilines is 2. The van der Waals surface area contributed by atoms with Crippen LogP contribution in [0.15, 0.2) is 93.3 Å². The lowest BCUT2D eigenvalue weighted by Gasteiger charge is -2.08. The molecule has 0 radical (unpaired) electrons. The van der Waals surface area contributed by atoms with Crippen molar-refractivity contribution in [1.29, 1.82) is 0 Å². The molecule has 0 aliphatic heterocycles. The van der Waals surface area contributed by atoms with Gasteiger partial charge in [-0.2, -0.15) is 10.2 Å². The third-order valence-electron chi connectivity index (χ3n) is 5.26. The molecule has 170 valence electrons. The Morgan fingerprint density at radius 2 is 0.853 bits per heavy atom. The summed E-state index contributed by atoms with van der Waals surface area (Å²) in [6.07, 6.45) is 0. The van der Waals surface area contributed by atoms with Gasteiger partial charge in [0.1, 0.15) is 22.9 Å². The molecule has 4 rings (SSSR count). The molecule has 8 heteroatoms. The van der Waals surface area contributed by atoms with E-state index in [4.69, 9.17) is 11.5 Å². The molecule has 0 heterocycles. The average Bonchev–Trinajstić information content (AvgIpc) is 2.79. The van der Waals surface area contributed by atoms with E-state index in [0.717, 1.165) is 22.3 Å². The molecule has 4 aromatic carbocycles. The van der Waals surface area contributed by atoms with Crippen molar-refractivity contribution in [2.75, 3.05) is 11.5 Å². The van der Waals surface area contributed by atoms with E-state index in [0.29, 0.717) is 34.1 Å². The molecule has 0 aliphatic rings. The minimum absolute atomic E-state index is 0.0163. The molecule has 0 saturated carbocycles. The van der Waals surface area contributed by atoms with Crippen molar-refractivity contribution >= 4 is 34.1 Å². The van der Waals surface area contributed by atoms with E-state index in [2.05, 4.69) is 20.5 Å². The fourth-order valence-electron chi connectivity index (χ4n) is 3.36. The molecule has 4 aromatic rings. The molecule has 0 saturated heterocycles.